The number of hydrogen-bond acceptors (Lipinski definition) is 5. The lowest BCUT2D eigenvalue weighted by Crippen LogP contribution is -2.14. The lowest BCUT2D eigenvalue weighted by molar-refractivity contribution is 0.103. The van der Waals surface area contributed by atoms with E-state index in [9.17, 15) is 4.79 Å². The average molecular weight is 468 g/mol. The highest BCUT2D eigenvalue weighted by Crippen LogP contribution is 2.42. The summed E-state index contributed by atoms with van der Waals surface area (Å²) in [5, 5.41) is 3.81. The minimum Gasteiger partial charge on any atom is -0.464 e. The lowest BCUT2D eigenvalue weighted by Gasteiger charge is -2.12. The largest absolute Gasteiger partial charge is 0.464 e. The highest BCUT2D eigenvalue weighted by molar-refractivity contribution is 7.21. The van der Waals surface area contributed by atoms with E-state index >= 15 is 0 Å². The first-order valence-corrected chi connectivity index (χ1v) is 11.9. The number of furan rings is 1. The molecule has 0 unspecified atom stereocenters. The smallest absolute Gasteiger partial charge is 0.267 e. The van der Waals surface area contributed by atoms with Gasteiger partial charge in [-0.3, -0.25) is 4.79 Å². The molecule has 2 aromatic carbocycles. The molecular weight excluding hydrogens is 442 g/mol. The molecule has 0 aliphatic carbocycles. The second-order valence-electron chi connectivity index (χ2n) is 8.65. The molecule has 34 heavy (non-hydrogen) atoms. The number of anilines is 2. The van der Waals surface area contributed by atoms with Gasteiger partial charge in [0.15, 0.2) is 0 Å². The van der Waals surface area contributed by atoms with Crippen molar-refractivity contribution in [3.8, 4) is 22.6 Å². The highest BCUT2D eigenvalue weighted by atomic mass is 32.1. The Kier molecular flexibility index (Phi) is 5.46. The van der Waals surface area contributed by atoms with E-state index in [4.69, 9.17) is 15.1 Å². The van der Waals surface area contributed by atoms with Crippen molar-refractivity contribution in [3.05, 3.63) is 88.0 Å². The van der Waals surface area contributed by atoms with Gasteiger partial charge in [0, 0.05) is 22.2 Å². The minimum absolute atomic E-state index is 0.238. The summed E-state index contributed by atoms with van der Waals surface area (Å²) in [6.45, 7) is 8.09. The SMILES string of the molecule is Cc1ccc(-c2cc(-c3ccco3)c3c(N)c(C(=O)Nc4c(C)cc(C)cc4C)sc3n2)cc1. The minimum atomic E-state index is -0.238. The van der Waals surface area contributed by atoms with Gasteiger partial charge in [-0.05, 0) is 57.0 Å². The first kappa shape index (κ1) is 21.9. The number of pyridine rings is 1. The van der Waals surface area contributed by atoms with Gasteiger partial charge >= 0.3 is 0 Å². The monoisotopic (exact) mass is 467 g/mol. The van der Waals surface area contributed by atoms with Gasteiger partial charge in [0.2, 0.25) is 0 Å². The fraction of sp³-hybridized carbons (Fsp3) is 0.143. The maximum atomic E-state index is 13.4. The summed E-state index contributed by atoms with van der Waals surface area (Å²) < 4.78 is 5.72. The normalized spacial score (nSPS) is 11.2. The van der Waals surface area contributed by atoms with E-state index in [0.717, 1.165) is 44.6 Å². The van der Waals surface area contributed by atoms with Gasteiger partial charge in [0.05, 0.1) is 17.6 Å². The Bertz CT molecular complexity index is 1510. The molecule has 5 aromatic rings. The number of thiophene rings is 1. The Morgan fingerprint density at radius 3 is 2.32 bits per heavy atom. The number of aryl methyl sites for hydroxylation is 4. The number of hydrogen-bond donors (Lipinski definition) is 2. The van der Waals surface area contributed by atoms with Crippen LogP contribution in [0.2, 0.25) is 0 Å². The first-order valence-electron chi connectivity index (χ1n) is 11.0. The number of nitrogens with zero attached hydrogens (tertiary/aromatic N) is 1. The van der Waals surface area contributed by atoms with E-state index < -0.39 is 0 Å². The Labute approximate surface area is 202 Å². The molecule has 0 atom stereocenters. The third-order valence-corrected chi connectivity index (χ3v) is 7.05. The predicted octanol–water partition coefficient (Wildman–Crippen LogP) is 7.29. The quantitative estimate of drug-likeness (QED) is 0.291. The molecule has 0 saturated heterocycles. The van der Waals surface area contributed by atoms with E-state index in [1.54, 1.807) is 6.26 Å². The van der Waals surface area contributed by atoms with Gasteiger partial charge < -0.3 is 15.5 Å². The topological polar surface area (TPSA) is 81.1 Å². The van der Waals surface area contributed by atoms with Gasteiger partial charge in [-0.1, -0.05) is 47.5 Å². The number of amides is 1. The van der Waals surface area contributed by atoms with Crippen molar-refractivity contribution in [2.45, 2.75) is 27.7 Å². The molecule has 5 nitrogen and oxygen atoms in total. The summed E-state index contributed by atoms with van der Waals surface area (Å²) >= 11 is 1.30. The molecule has 0 spiro atoms. The number of nitrogen functional groups attached to an aromatic ring is 1. The number of nitrogens with one attached hydrogen (secondary N) is 1. The molecule has 0 bridgehead atoms. The molecule has 0 aliphatic rings. The van der Waals surface area contributed by atoms with Gasteiger partial charge in [-0.15, -0.1) is 11.3 Å². The van der Waals surface area contributed by atoms with Crippen molar-refractivity contribution in [1.82, 2.24) is 4.98 Å². The van der Waals surface area contributed by atoms with Crippen LogP contribution in [0.5, 0.6) is 0 Å². The molecule has 5 rings (SSSR count). The maximum Gasteiger partial charge on any atom is 0.267 e. The van der Waals surface area contributed by atoms with Crippen molar-refractivity contribution in [2.24, 2.45) is 0 Å². The number of carbonyl (C=O) groups is 1. The van der Waals surface area contributed by atoms with Crippen molar-refractivity contribution in [2.75, 3.05) is 11.1 Å². The standard InChI is InChI=1S/C28H25N3O2S/c1-15-7-9-19(10-8-15)21-14-20(22-6-5-11-33-22)23-24(29)26(34-28(23)30-21)27(32)31-25-17(3)12-16(2)13-18(25)4/h5-14H,29H2,1-4H3,(H,31,32). The summed E-state index contributed by atoms with van der Waals surface area (Å²) in [7, 11) is 0. The van der Waals surface area contributed by atoms with Gasteiger partial charge in [0.25, 0.3) is 5.91 Å². The van der Waals surface area contributed by atoms with Crippen molar-refractivity contribution < 1.29 is 9.21 Å². The average Bonchev–Trinajstić information content (AvgIpc) is 3.44. The van der Waals surface area contributed by atoms with Gasteiger partial charge in [0.1, 0.15) is 15.5 Å². The van der Waals surface area contributed by atoms with Crippen molar-refractivity contribution >= 4 is 38.8 Å². The van der Waals surface area contributed by atoms with E-state index in [0.29, 0.717) is 21.2 Å². The molecule has 3 aromatic heterocycles. The van der Waals surface area contributed by atoms with Crippen LogP contribution in [0.25, 0.3) is 32.8 Å². The molecule has 0 saturated carbocycles. The molecule has 6 heteroatoms. The highest BCUT2D eigenvalue weighted by Gasteiger charge is 2.23. The zero-order valence-corrected chi connectivity index (χ0v) is 20.3. The molecular formula is C28H25N3O2S. The second kappa shape index (κ2) is 8.47. The molecule has 1 amide bonds. The zero-order chi connectivity index (χ0) is 24.0. The summed E-state index contributed by atoms with van der Waals surface area (Å²) in [6.07, 6.45) is 1.63. The number of nitrogens with two attached hydrogens (primary N) is 1. The van der Waals surface area contributed by atoms with E-state index in [1.165, 1.54) is 16.9 Å². The lowest BCUT2D eigenvalue weighted by atomic mass is 10.0. The third kappa shape index (κ3) is 3.86. The number of fused-ring (bicyclic) bond motifs is 1. The number of benzene rings is 2. The van der Waals surface area contributed by atoms with E-state index in [-0.39, 0.29) is 5.91 Å². The van der Waals surface area contributed by atoms with Crippen molar-refractivity contribution in [3.63, 3.8) is 0 Å². The van der Waals surface area contributed by atoms with Gasteiger partial charge in [-0.25, -0.2) is 4.98 Å². The summed E-state index contributed by atoms with van der Waals surface area (Å²) in [6, 6.07) is 18.0. The number of carbonyl (C=O) groups excluding carboxylic acids is 1. The maximum absolute atomic E-state index is 13.4. The molecule has 170 valence electrons. The summed E-state index contributed by atoms with van der Waals surface area (Å²) in [5.74, 6) is 0.445. The Balaban J connectivity index is 1.65. The van der Waals surface area contributed by atoms with Crippen LogP contribution in [0.3, 0.4) is 0 Å². The summed E-state index contributed by atoms with van der Waals surface area (Å²) in [4.78, 5) is 19.4. The Morgan fingerprint density at radius 1 is 0.971 bits per heavy atom. The molecule has 0 radical (unpaired) electrons. The summed E-state index contributed by atoms with van der Waals surface area (Å²) in [5.41, 5.74) is 14.8. The molecule has 0 aliphatic heterocycles. The number of rotatable bonds is 4. The predicted molar refractivity (Wildman–Crippen MR) is 141 cm³/mol. The van der Waals surface area contributed by atoms with Crippen LogP contribution >= 0.6 is 11.3 Å². The van der Waals surface area contributed by atoms with Crippen LogP contribution in [0, 0.1) is 27.7 Å². The first-order chi connectivity index (χ1) is 16.3. The molecule has 3 N–H and O–H groups in total. The van der Waals surface area contributed by atoms with Crippen LogP contribution in [0.15, 0.2) is 65.3 Å². The Hall–Kier alpha value is -3.90. The van der Waals surface area contributed by atoms with Crippen molar-refractivity contribution in [1.29, 1.82) is 0 Å². The van der Waals surface area contributed by atoms with Crippen LogP contribution in [0.1, 0.15) is 31.9 Å². The third-order valence-electron chi connectivity index (χ3n) is 5.95. The van der Waals surface area contributed by atoms with Crippen LogP contribution in [-0.4, -0.2) is 10.9 Å². The molecule has 3 heterocycles. The van der Waals surface area contributed by atoms with Crippen LogP contribution < -0.4 is 11.1 Å². The fourth-order valence-electron chi connectivity index (χ4n) is 4.34. The van der Waals surface area contributed by atoms with E-state index in [1.807, 2.05) is 51.1 Å². The zero-order valence-electron chi connectivity index (χ0n) is 19.5. The number of aromatic nitrogens is 1. The van der Waals surface area contributed by atoms with Gasteiger partial charge in [-0.2, -0.15) is 0 Å². The Morgan fingerprint density at radius 2 is 1.68 bits per heavy atom. The van der Waals surface area contributed by atoms with Crippen LogP contribution in [0.4, 0.5) is 11.4 Å². The second-order valence-corrected chi connectivity index (χ2v) is 9.65. The molecule has 0 fully saturated rings. The van der Waals surface area contributed by atoms with Crippen LogP contribution in [-0.2, 0) is 0 Å². The fourth-order valence-corrected chi connectivity index (χ4v) is 5.35. The van der Waals surface area contributed by atoms with E-state index in [2.05, 4.69) is 36.5 Å².